The summed E-state index contributed by atoms with van der Waals surface area (Å²) in [5.74, 6) is -0.485. The predicted octanol–water partition coefficient (Wildman–Crippen LogP) is -4.25. The number of ether oxygens (including phenoxy) is 1. The van der Waals surface area contributed by atoms with Crippen LogP contribution in [-0.2, 0) is 4.74 Å². The average Bonchev–Trinajstić information content (AvgIpc) is 2.14. The van der Waals surface area contributed by atoms with Crippen molar-refractivity contribution in [1.82, 2.24) is 0 Å². The van der Waals surface area contributed by atoms with Crippen molar-refractivity contribution in [3.8, 4) is 0 Å². The molecule has 1 aliphatic heterocycles. The normalized spacial score (nSPS) is 46.2. The van der Waals surface area contributed by atoms with E-state index < -0.39 is 43.1 Å². The van der Waals surface area contributed by atoms with Gasteiger partial charge in [-0.3, -0.25) is 0 Å². The summed E-state index contributed by atoms with van der Waals surface area (Å²) < 4.78 is 5.16. The highest BCUT2D eigenvalue weighted by Gasteiger charge is 2.44. The van der Waals surface area contributed by atoms with Crippen LogP contribution in [0.2, 0.25) is 0 Å². The van der Waals surface area contributed by atoms with Crippen LogP contribution < -0.4 is 5.73 Å². The van der Waals surface area contributed by atoms with Gasteiger partial charge in [0, 0.05) is 5.94 Å². The summed E-state index contributed by atoms with van der Waals surface area (Å²) in [6.45, 7) is -0.422. The molecule has 6 nitrogen and oxygen atoms in total. The van der Waals surface area contributed by atoms with E-state index in [0.29, 0.717) is 0 Å². The van der Waals surface area contributed by atoms with E-state index in [0.717, 1.165) is 0 Å². The smallest absolute Gasteiger partial charge is 0.126 e. The number of aliphatic hydroxyl groups is 4. The molecule has 0 aromatic heterocycles. The Hall–Kier alpha value is -0.175. The van der Waals surface area contributed by atoms with Crippen LogP contribution in [0, 0.1) is 0 Å². The lowest BCUT2D eigenvalue weighted by Crippen LogP contribution is -2.63. The number of hydrogen-bond donors (Lipinski definition) is 5. The maximum absolute atomic E-state index is 9.49. The van der Waals surface area contributed by atoms with Crippen molar-refractivity contribution in [2.24, 2.45) is 5.73 Å². The molecule has 6 atom stereocenters. The molecule has 14 heavy (non-hydrogen) atoms. The first kappa shape index (κ1) is 11.9. The zero-order valence-electron chi connectivity index (χ0n) is 7.95. The maximum Gasteiger partial charge on any atom is 0.126 e. The minimum absolute atomic E-state index is 0.422. The van der Waals surface area contributed by atoms with E-state index in [-0.39, 0.29) is 0 Å². The lowest BCUT2D eigenvalue weighted by molar-refractivity contribution is -0.228. The third-order valence-electron chi connectivity index (χ3n) is 2.45. The van der Waals surface area contributed by atoms with Crippen LogP contribution in [0.15, 0.2) is 0 Å². The van der Waals surface area contributed by atoms with Gasteiger partial charge >= 0.3 is 0 Å². The van der Waals surface area contributed by atoms with Gasteiger partial charge in [0.05, 0.1) is 12.7 Å². The Morgan fingerprint density at radius 2 is 1.79 bits per heavy atom. The number of rotatable bonds is 2. The molecule has 82 valence electrons. The second kappa shape index (κ2) is 4.56. The summed E-state index contributed by atoms with van der Waals surface area (Å²) in [6.07, 6.45) is -5.52. The molecular formula is C7H16BNO5. The maximum atomic E-state index is 9.49. The first-order valence-electron chi connectivity index (χ1n) is 4.55. The Balaban J connectivity index is 2.73. The fourth-order valence-electron chi connectivity index (χ4n) is 1.57. The monoisotopic (exact) mass is 205 g/mol. The molecule has 0 spiro atoms. The quantitative estimate of drug-likeness (QED) is 0.291. The minimum atomic E-state index is -1.34. The Labute approximate surface area is 82.7 Å². The van der Waals surface area contributed by atoms with Gasteiger partial charge in [0.1, 0.15) is 32.3 Å². The molecule has 1 aliphatic rings. The lowest BCUT2D eigenvalue weighted by atomic mass is 9.83. The summed E-state index contributed by atoms with van der Waals surface area (Å²) in [5.41, 5.74) is 5.52. The molecule has 6 N–H and O–H groups in total. The number of hydrogen-bond acceptors (Lipinski definition) is 6. The molecule has 0 aromatic carbocycles. The lowest BCUT2D eigenvalue weighted by Gasteiger charge is -2.41. The summed E-state index contributed by atoms with van der Waals surface area (Å²) in [4.78, 5) is 0. The van der Waals surface area contributed by atoms with E-state index in [1.807, 2.05) is 0 Å². The van der Waals surface area contributed by atoms with Gasteiger partial charge in [0.25, 0.3) is 0 Å². The summed E-state index contributed by atoms with van der Waals surface area (Å²) in [6, 6.07) is 0. The predicted molar refractivity (Wildman–Crippen MR) is 50.3 cm³/mol. The van der Waals surface area contributed by atoms with E-state index in [9.17, 15) is 15.3 Å². The van der Waals surface area contributed by atoms with Crippen molar-refractivity contribution < 1.29 is 25.2 Å². The zero-order chi connectivity index (χ0) is 10.9. The van der Waals surface area contributed by atoms with Gasteiger partial charge < -0.3 is 30.9 Å². The molecule has 0 aliphatic carbocycles. The molecule has 1 saturated heterocycles. The number of nitrogens with two attached hydrogens (primary N) is 1. The summed E-state index contributed by atoms with van der Waals surface area (Å²) in [7, 11) is 1.62. The van der Waals surface area contributed by atoms with Crippen LogP contribution in [0.25, 0.3) is 0 Å². The topological polar surface area (TPSA) is 116 Å². The second-order valence-corrected chi connectivity index (χ2v) is 3.65. The van der Waals surface area contributed by atoms with Crippen LogP contribution in [0.1, 0.15) is 0 Å². The van der Waals surface area contributed by atoms with Gasteiger partial charge in [0.15, 0.2) is 0 Å². The number of aliphatic hydroxyl groups excluding tert-OH is 4. The Morgan fingerprint density at radius 3 is 2.21 bits per heavy atom. The molecule has 0 amide bonds. The fraction of sp³-hybridized carbons (Fsp3) is 1.00. The van der Waals surface area contributed by atoms with E-state index in [2.05, 4.69) is 0 Å². The van der Waals surface area contributed by atoms with Crippen molar-refractivity contribution in [2.75, 3.05) is 6.61 Å². The van der Waals surface area contributed by atoms with Gasteiger partial charge in [-0.1, -0.05) is 0 Å². The second-order valence-electron chi connectivity index (χ2n) is 3.65. The van der Waals surface area contributed by atoms with Gasteiger partial charge in [0.2, 0.25) is 0 Å². The van der Waals surface area contributed by atoms with Crippen molar-refractivity contribution in [3.05, 3.63) is 0 Å². The Kier molecular flexibility index (Phi) is 3.88. The van der Waals surface area contributed by atoms with Gasteiger partial charge in [-0.05, 0) is 0 Å². The highest BCUT2D eigenvalue weighted by atomic mass is 16.5. The summed E-state index contributed by atoms with van der Waals surface area (Å²) >= 11 is 0. The summed E-state index contributed by atoms with van der Waals surface area (Å²) in [5, 5.41) is 37.1. The highest BCUT2D eigenvalue weighted by Crippen LogP contribution is 2.21. The van der Waals surface area contributed by atoms with Crippen molar-refractivity contribution >= 4 is 7.85 Å². The SMILES string of the molecule is BC(N)[C@H]1OC(CO)[C@H](O)[C@H](O)C1O. The van der Waals surface area contributed by atoms with Crippen molar-refractivity contribution in [3.63, 3.8) is 0 Å². The van der Waals surface area contributed by atoms with Gasteiger partial charge in [-0.25, -0.2) is 0 Å². The van der Waals surface area contributed by atoms with Crippen LogP contribution >= 0.6 is 0 Å². The molecule has 1 fully saturated rings. The molecule has 0 saturated carbocycles. The third kappa shape index (κ3) is 2.08. The van der Waals surface area contributed by atoms with Crippen LogP contribution in [-0.4, -0.2) is 71.3 Å². The van der Waals surface area contributed by atoms with Crippen molar-refractivity contribution in [2.45, 2.75) is 36.5 Å². The van der Waals surface area contributed by atoms with Crippen LogP contribution in [0.3, 0.4) is 0 Å². The largest absolute Gasteiger partial charge is 0.394 e. The molecule has 0 radical (unpaired) electrons. The molecular weight excluding hydrogens is 189 g/mol. The van der Waals surface area contributed by atoms with Gasteiger partial charge in [-0.15, -0.1) is 0 Å². The van der Waals surface area contributed by atoms with Crippen molar-refractivity contribution in [1.29, 1.82) is 0 Å². The van der Waals surface area contributed by atoms with Gasteiger partial charge in [-0.2, -0.15) is 0 Å². The average molecular weight is 205 g/mol. The third-order valence-corrected chi connectivity index (χ3v) is 2.45. The fourth-order valence-corrected chi connectivity index (χ4v) is 1.57. The first-order valence-corrected chi connectivity index (χ1v) is 4.55. The Morgan fingerprint density at radius 1 is 1.21 bits per heavy atom. The van der Waals surface area contributed by atoms with E-state index >= 15 is 0 Å². The Bertz CT molecular complexity index is 191. The van der Waals surface area contributed by atoms with Crippen LogP contribution in [0.4, 0.5) is 0 Å². The standard InChI is InChI=1S/C7H16BNO5/c8-7(9)6-5(13)4(12)3(11)2(1-10)14-6/h2-7,10-13H,1,8-9H2/t2?,3-,4-,5?,6-,7?/m0/s1. The van der Waals surface area contributed by atoms with Crippen LogP contribution in [0.5, 0.6) is 0 Å². The molecule has 0 aromatic rings. The molecule has 0 bridgehead atoms. The highest BCUT2D eigenvalue weighted by molar-refractivity contribution is 6.12. The zero-order valence-corrected chi connectivity index (χ0v) is 7.95. The minimum Gasteiger partial charge on any atom is -0.394 e. The van der Waals surface area contributed by atoms with E-state index in [1.165, 1.54) is 0 Å². The first-order chi connectivity index (χ1) is 6.49. The molecule has 7 heteroatoms. The van der Waals surface area contributed by atoms with E-state index in [1.54, 1.807) is 7.85 Å². The molecule has 1 heterocycles. The molecule has 3 unspecified atom stereocenters. The molecule has 1 rings (SSSR count). The van der Waals surface area contributed by atoms with E-state index in [4.69, 9.17) is 15.6 Å².